The Bertz CT molecular complexity index is 1300. The van der Waals surface area contributed by atoms with Crippen LogP contribution in [-0.2, 0) is 11.3 Å². The SMILES string of the molecule is O=C(CCn1cnc2c(cnn2-c2ccc(F)cc2)c1=O)Nc1cc(Cl)ccc1Cl. The molecule has 7 nitrogen and oxygen atoms in total. The first kappa shape index (κ1) is 20.1. The topological polar surface area (TPSA) is 81.8 Å². The third-order valence-corrected chi connectivity index (χ3v) is 4.97. The molecule has 2 aromatic heterocycles. The van der Waals surface area contributed by atoms with Crippen LogP contribution in [0.25, 0.3) is 16.7 Å². The highest BCUT2D eigenvalue weighted by Crippen LogP contribution is 2.25. The van der Waals surface area contributed by atoms with Crippen molar-refractivity contribution in [2.24, 2.45) is 0 Å². The van der Waals surface area contributed by atoms with E-state index in [0.29, 0.717) is 32.5 Å². The highest BCUT2D eigenvalue weighted by Gasteiger charge is 2.13. The summed E-state index contributed by atoms with van der Waals surface area (Å²) in [6.45, 7) is 0.119. The molecule has 0 saturated carbocycles. The smallest absolute Gasteiger partial charge is 0.264 e. The Balaban J connectivity index is 1.52. The Hall–Kier alpha value is -3.23. The minimum atomic E-state index is -0.372. The van der Waals surface area contributed by atoms with Crippen molar-refractivity contribution in [3.63, 3.8) is 0 Å². The molecule has 10 heteroatoms. The number of aryl methyl sites for hydroxylation is 1. The van der Waals surface area contributed by atoms with Gasteiger partial charge in [0.1, 0.15) is 11.2 Å². The van der Waals surface area contributed by atoms with Crippen molar-refractivity contribution in [2.45, 2.75) is 13.0 Å². The molecule has 0 aliphatic carbocycles. The molecule has 0 bridgehead atoms. The fourth-order valence-electron chi connectivity index (χ4n) is 2.91. The molecule has 4 rings (SSSR count). The van der Waals surface area contributed by atoms with Crippen molar-refractivity contribution < 1.29 is 9.18 Å². The molecule has 0 unspecified atom stereocenters. The first-order valence-corrected chi connectivity index (χ1v) is 9.62. The summed E-state index contributed by atoms with van der Waals surface area (Å²) < 4.78 is 15.9. The van der Waals surface area contributed by atoms with Gasteiger partial charge in [0.25, 0.3) is 5.56 Å². The molecule has 1 amide bonds. The molecule has 0 spiro atoms. The number of nitrogens with zero attached hydrogens (tertiary/aromatic N) is 4. The highest BCUT2D eigenvalue weighted by molar-refractivity contribution is 6.35. The summed E-state index contributed by atoms with van der Waals surface area (Å²) in [5.41, 5.74) is 0.990. The van der Waals surface area contributed by atoms with Crippen LogP contribution in [0.1, 0.15) is 6.42 Å². The number of hydrogen-bond acceptors (Lipinski definition) is 4. The summed E-state index contributed by atoms with van der Waals surface area (Å²) in [4.78, 5) is 29.3. The van der Waals surface area contributed by atoms with Crippen molar-refractivity contribution in [2.75, 3.05) is 5.32 Å². The summed E-state index contributed by atoms with van der Waals surface area (Å²) >= 11 is 12.0. The van der Waals surface area contributed by atoms with E-state index < -0.39 is 0 Å². The summed E-state index contributed by atoms with van der Waals surface area (Å²) in [5, 5.41) is 7.95. The zero-order valence-electron chi connectivity index (χ0n) is 15.3. The van der Waals surface area contributed by atoms with Gasteiger partial charge < -0.3 is 5.32 Å². The summed E-state index contributed by atoms with van der Waals surface area (Å²) in [7, 11) is 0. The zero-order valence-corrected chi connectivity index (χ0v) is 16.9. The quantitative estimate of drug-likeness (QED) is 0.502. The van der Waals surface area contributed by atoms with Gasteiger partial charge in [-0.1, -0.05) is 23.2 Å². The van der Waals surface area contributed by atoms with Gasteiger partial charge in [-0.05, 0) is 42.5 Å². The molecule has 152 valence electrons. The maximum absolute atomic E-state index is 13.1. The van der Waals surface area contributed by atoms with E-state index in [1.807, 2.05) is 0 Å². The van der Waals surface area contributed by atoms with Crippen molar-refractivity contribution in [3.05, 3.63) is 81.2 Å². The summed E-state index contributed by atoms with van der Waals surface area (Å²) in [6.07, 6.45) is 2.78. The standard InChI is InChI=1S/C20H14Cl2FN5O2/c21-12-1-6-16(22)17(9-12)26-18(29)7-8-27-11-24-19-15(20(27)30)10-25-28(19)14-4-2-13(23)3-5-14/h1-6,9-11H,7-8H2,(H,26,29). The largest absolute Gasteiger partial charge is 0.325 e. The molecule has 0 aliphatic heterocycles. The second-order valence-corrected chi connectivity index (χ2v) is 7.28. The maximum atomic E-state index is 13.1. The van der Waals surface area contributed by atoms with Crippen molar-refractivity contribution in [1.29, 1.82) is 0 Å². The number of anilines is 1. The fraction of sp³-hybridized carbons (Fsp3) is 0.100. The van der Waals surface area contributed by atoms with E-state index >= 15 is 0 Å². The molecule has 1 N–H and O–H groups in total. The minimum Gasteiger partial charge on any atom is -0.325 e. The maximum Gasteiger partial charge on any atom is 0.264 e. The number of rotatable bonds is 5. The number of hydrogen-bond donors (Lipinski definition) is 1. The third-order valence-electron chi connectivity index (χ3n) is 4.41. The van der Waals surface area contributed by atoms with Crippen LogP contribution >= 0.6 is 23.2 Å². The lowest BCUT2D eigenvalue weighted by Gasteiger charge is -2.09. The first-order valence-electron chi connectivity index (χ1n) is 8.86. The number of aromatic nitrogens is 4. The molecule has 2 aromatic carbocycles. The Morgan fingerprint density at radius 3 is 2.67 bits per heavy atom. The molecule has 0 saturated heterocycles. The molecule has 4 aromatic rings. The minimum absolute atomic E-state index is 0.0298. The lowest BCUT2D eigenvalue weighted by atomic mass is 10.3. The van der Waals surface area contributed by atoms with Crippen LogP contribution in [0.5, 0.6) is 0 Å². The van der Waals surface area contributed by atoms with Crippen LogP contribution in [0.4, 0.5) is 10.1 Å². The number of carbonyl (C=O) groups excluding carboxylic acids is 1. The van der Waals surface area contributed by atoms with Gasteiger partial charge in [-0.25, -0.2) is 14.1 Å². The zero-order chi connectivity index (χ0) is 21.3. The molecule has 30 heavy (non-hydrogen) atoms. The predicted octanol–water partition coefficient (Wildman–Crippen LogP) is 4.06. The van der Waals surface area contributed by atoms with Crippen LogP contribution in [0, 0.1) is 5.82 Å². The highest BCUT2D eigenvalue weighted by atomic mass is 35.5. The van der Waals surface area contributed by atoms with E-state index in [9.17, 15) is 14.0 Å². The number of benzene rings is 2. The van der Waals surface area contributed by atoms with Gasteiger partial charge in [0.05, 0.1) is 28.9 Å². The monoisotopic (exact) mass is 445 g/mol. The van der Waals surface area contributed by atoms with E-state index in [0.717, 1.165) is 0 Å². The number of nitrogens with one attached hydrogen (secondary N) is 1. The molecule has 0 radical (unpaired) electrons. The average molecular weight is 446 g/mol. The van der Waals surface area contributed by atoms with Crippen molar-refractivity contribution in [3.8, 4) is 5.69 Å². The lowest BCUT2D eigenvalue weighted by molar-refractivity contribution is -0.116. The Kier molecular flexibility index (Phi) is 5.52. The third kappa shape index (κ3) is 4.05. The van der Waals surface area contributed by atoms with Crippen LogP contribution in [0.15, 0.2) is 59.8 Å². The summed E-state index contributed by atoms with van der Waals surface area (Å²) in [5.74, 6) is -0.698. The molecular formula is C20H14Cl2FN5O2. The number of amides is 1. The van der Waals surface area contributed by atoms with E-state index in [1.165, 1.54) is 33.9 Å². The molecular weight excluding hydrogens is 432 g/mol. The average Bonchev–Trinajstić information content (AvgIpc) is 3.16. The van der Waals surface area contributed by atoms with Crippen LogP contribution in [0.3, 0.4) is 0 Å². The fourth-order valence-corrected chi connectivity index (χ4v) is 3.24. The lowest BCUT2D eigenvalue weighted by Crippen LogP contribution is -2.23. The first-order chi connectivity index (χ1) is 14.4. The van der Waals surface area contributed by atoms with Gasteiger partial charge >= 0.3 is 0 Å². The van der Waals surface area contributed by atoms with E-state index in [2.05, 4.69) is 15.4 Å². The van der Waals surface area contributed by atoms with Gasteiger partial charge in [-0.15, -0.1) is 0 Å². The second kappa shape index (κ2) is 8.25. The van der Waals surface area contributed by atoms with Crippen LogP contribution < -0.4 is 10.9 Å². The van der Waals surface area contributed by atoms with E-state index in [-0.39, 0.29) is 30.2 Å². The van der Waals surface area contributed by atoms with Crippen LogP contribution in [-0.4, -0.2) is 25.2 Å². The van der Waals surface area contributed by atoms with E-state index in [1.54, 1.807) is 30.3 Å². The molecule has 0 atom stereocenters. The van der Waals surface area contributed by atoms with Crippen LogP contribution in [0.2, 0.25) is 10.0 Å². The second-order valence-electron chi connectivity index (χ2n) is 6.44. The molecule has 0 aliphatic rings. The normalized spacial score (nSPS) is 11.0. The van der Waals surface area contributed by atoms with Gasteiger partial charge in [0.15, 0.2) is 5.65 Å². The summed E-state index contributed by atoms with van der Waals surface area (Å²) in [6, 6.07) is 10.4. The molecule has 0 fully saturated rings. The van der Waals surface area contributed by atoms with Gasteiger partial charge in [0.2, 0.25) is 5.91 Å². The number of halogens is 3. The predicted molar refractivity (Wildman–Crippen MR) is 113 cm³/mol. The molecule has 2 heterocycles. The number of fused-ring (bicyclic) bond motifs is 1. The Morgan fingerprint density at radius 2 is 1.90 bits per heavy atom. The van der Waals surface area contributed by atoms with E-state index in [4.69, 9.17) is 23.2 Å². The number of carbonyl (C=O) groups is 1. The Morgan fingerprint density at radius 1 is 1.13 bits per heavy atom. The van der Waals surface area contributed by atoms with Gasteiger partial charge in [-0.2, -0.15) is 5.10 Å². The van der Waals surface area contributed by atoms with Gasteiger partial charge in [0, 0.05) is 18.0 Å². The van der Waals surface area contributed by atoms with Crippen molar-refractivity contribution >= 4 is 45.8 Å². The Labute approximate surface area is 179 Å². The van der Waals surface area contributed by atoms with Crippen molar-refractivity contribution in [1.82, 2.24) is 19.3 Å². The van der Waals surface area contributed by atoms with Gasteiger partial charge in [-0.3, -0.25) is 14.2 Å².